The number of amides is 1. The summed E-state index contributed by atoms with van der Waals surface area (Å²) in [4.78, 5) is 18.0. The van der Waals surface area contributed by atoms with Crippen molar-refractivity contribution in [2.75, 3.05) is 5.32 Å². The van der Waals surface area contributed by atoms with Crippen LogP contribution in [0.1, 0.15) is 35.7 Å². The fraction of sp³-hybridized carbons (Fsp3) is 0.120. The van der Waals surface area contributed by atoms with Crippen molar-refractivity contribution in [1.29, 1.82) is 0 Å². The molecule has 1 amide bonds. The molecule has 0 aliphatic carbocycles. The van der Waals surface area contributed by atoms with Crippen LogP contribution < -0.4 is 5.32 Å². The molecule has 4 heteroatoms. The van der Waals surface area contributed by atoms with Crippen LogP contribution in [0.25, 0.3) is 22.2 Å². The van der Waals surface area contributed by atoms with Gasteiger partial charge in [-0.3, -0.25) is 4.79 Å². The van der Waals surface area contributed by atoms with Crippen molar-refractivity contribution in [3.63, 3.8) is 0 Å². The highest BCUT2D eigenvalue weighted by atomic mass is 35.5. The van der Waals surface area contributed by atoms with Gasteiger partial charge in [0.25, 0.3) is 5.91 Å². The second kappa shape index (κ2) is 8.06. The van der Waals surface area contributed by atoms with Gasteiger partial charge in [-0.15, -0.1) is 0 Å². The van der Waals surface area contributed by atoms with E-state index in [1.54, 1.807) is 0 Å². The van der Waals surface area contributed by atoms with E-state index in [4.69, 9.17) is 16.6 Å². The summed E-state index contributed by atoms with van der Waals surface area (Å²) in [5, 5.41) is 4.59. The molecule has 1 aromatic heterocycles. The zero-order valence-electron chi connectivity index (χ0n) is 16.3. The Balaban J connectivity index is 1.80. The number of nitrogens with one attached hydrogen (secondary N) is 1. The van der Waals surface area contributed by atoms with Crippen LogP contribution >= 0.6 is 11.6 Å². The van der Waals surface area contributed by atoms with Gasteiger partial charge in [0.15, 0.2) is 0 Å². The lowest BCUT2D eigenvalue weighted by Gasteiger charge is -2.15. The average Bonchev–Trinajstić information content (AvgIpc) is 2.73. The first-order valence-electron chi connectivity index (χ1n) is 9.59. The molecule has 0 atom stereocenters. The van der Waals surface area contributed by atoms with Gasteiger partial charge in [0.2, 0.25) is 0 Å². The van der Waals surface area contributed by atoms with Gasteiger partial charge in [0.1, 0.15) is 0 Å². The lowest BCUT2D eigenvalue weighted by Crippen LogP contribution is -2.14. The summed E-state index contributed by atoms with van der Waals surface area (Å²) in [6.07, 6.45) is 0. The number of aromatic nitrogens is 1. The second-order valence-corrected chi connectivity index (χ2v) is 7.71. The molecule has 0 saturated carbocycles. The summed E-state index contributed by atoms with van der Waals surface area (Å²) in [6.45, 7) is 4.23. The summed E-state index contributed by atoms with van der Waals surface area (Å²) in [5.74, 6) is 0.164. The Morgan fingerprint density at radius 1 is 0.931 bits per heavy atom. The van der Waals surface area contributed by atoms with E-state index in [9.17, 15) is 4.79 Å². The molecule has 0 unspecified atom stereocenters. The number of benzene rings is 3. The first-order chi connectivity index (χ1) is 14.0. The molecule has 0 aliphatic heterocycles. The number of para-hydroxylation sites is 2. The van der Waals surface area contributed by atoms with Crippen LogP contribution in [0.2, 0.25) is 5.02 Å². The second-order valence-electron chi connectivity index (χ2n) is 7.28. The number of anilines is 1. The van der Waals surface area contributed by atoms with Crippen molar-refractivity contribution in [2.24, 2.45) is 0 Å². The fourth-order valence-corrected chi connectivity index (χ4v) is 3.56. The minimum absolute atomic E-state index is 0.146. The SMILES string of the molecule is CC(C)c1ccccc1NC(=O)c1cc(-c2ccc(Cl)cc2)nc2ccccc12. The molecule has 1 N–H and O–H groups in total. The van der Waals surface area contributed by atoms with Crippen molar-refractivity contribution in [3.8, 4) is 11.3 Å². The molecule has 0 saturated heterocycles. The Morgan fingerprint density at radius 3 is 2.38 bits per heavy atom. The Hall–Kier alpha value is -3.17. The lowest BCUT2D eigenvalue weighted by molar-refractivity contribution is 0.102. The molecule has 0 radical (unpaired) electrons. The number of nitrogens with zero attached hydrogens (tertiary/aromatic N) is 1. The Labute approximate surface area is 175 Å². The van der Waals surface area contributed by atoms with Gasteiger partial charge >= 0.3 is 0 Å². The van der Waals surface area contributed by atoms with E-state index in [0.717, 1.165) is 33.4 Å². The summed E-state index contributed by atoms with van der Waals surface area (Å²) >= 11 is 6.02. The van der Waals surface area contributed by atoms with Crippen LogP contribution in [0.5, 0.6) is 0 Å². The molecule has 3 nitrogen and oxygen atoms in total. The molecule has 4 aromatic rings. The number of halogens is 1. The number of pyridine rings is 1. The van der Waals surface area contributed by atoms with Crippen LogP contribution in [-0.4, -0.2) is 10.9 Å². The first-order valence-corrected chi connectivity index (χ1v) is 9.97. The minimum Gasteiger partial charge on any atom is -0.322 e. The van der Waals surface area contributed by atoms with Crippen molar-refractivity contribution < 1.29 is 4.79 Å². The average molecular weight is 401 g/mol. The number of hydrogen-bond donors (Lipinski definition) is 1. The molecule has 0 aliphatic rings. The molecule has 144 valence electrons. The normalized spacial score (nSPS) is 11.0. The summed E-state index contributed by atoms with van der Waals surface area (Å²) in [6, 6.07) is 24.9. The Bertz CT molecular complexity index is 1180. The third kappa shape index (κ3) is 4.01. The highest BCUT2D eigenvalue weighted by Crippen LogP contribution is 2.28. The van der Waals surface area contributed by atoms with Crippen molar-refractivity contribution in [3.05, 3.63) is 95.0 Å². The van der Waals surface area contributed by atoms with E-state index in [0.29, 0.717) is 16.5 Å². The topological polar surface area (TPSA) is 42.0 Å². The van der Waals surface area contributed by atoms with Gasteiger partial charge in [0.05, 0.1) is 16.8 Å². The quantitative estimate of drug-likeness (QED) is 0.403. The van der Waals surface area contributed by atoms with Gasteiger partial charge in [-0.1, -0.05) is 74.0 Å². The van der Waals surface area contributed by atoms with Gasteiger partial charge in [-0.2, -0.15) is 0 Å². The summed E-state index contributed by atoms with van der Waals surface area (Å²) < 4.78 is 0. The number of hydrogen-bond acceptors (Lipinski definition) is 2. The molecule has 0 bridgehead atoms. The molecular formula is C25H21ClN2O. The van der Waals surface area contributed by atoms with E-state index in [-0.39, 0.29) is 5.91 Å². The zero-order valence-corrected chi connectivity index (χ0v) is 17.1. The predicted molar refractivity (Wildman–Crippen MR) is 121 cm³/mol. The van der Waals surface area contributed by atoms with Gasteiger partial charge in [0, 0.05) is 21.7 Å². The maximum absolute atomic E-state index is 13.3. The lowest BCUT2D eigenvalue weighted by atomic mass is 10.00. The van der Waals surface area contributed by atoms with Crippen molar-refractivity contribution >= 4 is 34.1 Å². The van der Waals surface area contributed by atoms with Crippen LogP contribution in [0.15, 0.2) is 78.9 Å². The predicted octanol–water partition coefficient (Wildman–Crippen LogP) is 6.93. The molecule has 3 aromatic carbocycles. The molecule has 29 heavy (non-hydrogen) atoms. The van der Waals surface area contributed by atoms with E-state index < -0.39 is 0 Å². The molecule has 0 spiro atoms. The smallest absolute Gasteiger partial charge is 0.256 e. The van der Waals surface area contributed by atoms with E-state index in [1.807, 2.05) is 78.9 Å². The number of carbonyl (C=O) groups is 1. The van der Waals surface area contributed by atoms with Gasteiger partial charge in [-0.25, -0.2) is 4.98 Å². The Morgan fingerprint density at radius 2 is 1.62 bits per heavy atom. The summed E-state index contributed by atoms with van der Waals surface area (Å²) in [7, 11) is 0. The molecule has 1 heterocycles. The van der Waals surface area contributed by atoms with Crippen LogP contribution in [0.4, 0.5) is 5.69 Å². The van der Waals surface area contributed by atoms with E-state index >= 15 is 0 Å². The van der Waals surface area contributed by atoms with Crippen LogP contribution in [0, 0.1) is 0 Å². The number of fused-ring (bicyclic) bond motifs is 1. The van der Waals surface area contributed by atoms with E-state index in [2.05, 4.69) is 19.2 Å². The monoisotopic (exact) mass is 400 g/mol. The maximum atomic E-state index is 13.3. The first kappa shape index (κ1) is 19.2. The van der Waals surface area contributed by atoms with Crippen molar-refractivity contribution in [2.45, 2.75) is 19.8 Å². The highest BCUT2D eigenvalue weighted by Gasteiger charge is 2.16. The molecule has 4 rings (SSSR count). The molecule has 0 fully saturated rings. The van der Waals surface area contributed by atoms with Gasteiger partial charge < -0.3 is 5.32 Å². The zero-order chi connectivity index (χ0) is 20.4. The van der Waals surface area contributed by atoms with Crippen LogP contribution in [-0.2, 0) is 0 Å². The Kier molecular flexibility index (Phi) is 5.32. The maximum Gasteiger partial charge on any atom is 0.256 e. The standard InChI is InChI=1S/C25H21ClN2O/c1-16(2)19-7-3-5-9-22(19)28-25(29)21-15-24(17-11-13-18(26)14-12-17)27-23-10-6-4-8-20(21)23/h3-16H,1-2H3,(H,28,29). The minimum atomic E-state index is -0.146. The third-order valence-electron chi connectivity index (χ3n) is 4.93. The largest absolute Gasteiger partial charge is 0.322 e. The van der Waals surface area contributed by atoms with Crippen molar-refractivity contribution in [1.82, 2.24) is 4.98 Å². The van der Waals surface area contributed by atoms with Crippen LogP contribution in [0.3, 0.4) is 0 Å². The van der Waals surface area contributed by atoms with Gasteiger partial charge in [-0.05, 0) is 41.8 Å². The van der Waals surface area contributed by atoms with E-state index in [1.165, 1.54) is 0 Å². The highest BCUT2D eigenvalue weighted by molar-refractivity contribution is 6.30. The fourth-order valence-electron chi connectivity index (χ4n) is 3.44. The number of carbonyl (C=O) groups excluding carboxylic acids is 1. The third-order valence-corrected chi connectivity index (χ3v) is 5.18. The molecular weight excluding hydrogens is 380 g/mol. The summed E-state index contributed by atoms with van der Waals surface area (Å²) in [5.41, 5.74) is 4.97. The number of rotatable bonds is 4.